The van der Waals surface area contributed by atoms with Crippen LogP contribution in [0.4, 0.5) is 0 Å². The first-order chi connectivity index (χ1) is 29.5. The van der Waals surface area contributed by atoms with Gasteiger partial charge in [0, 0.05) is 32.9 Å². The summed E-state index contributed by atoms with van der Waals surface area (Å²) in [5.74, 6) is 0.684. The molecule has 3 nitrogen and oxygen atoms in total. The van der Waals surface area contributed by atoms with Crippen LogP contribution in [0.25, 0.3) is 111 Å². The van der Waals surface area contributed by atoms with Crippen molar-refractivity contribution in [3.8, 4) is 67.3 Å². The smallest absolute Gasteiger partial charge is 0.160 e. The molecule has 0 bridgehead atoms. The summed E-state index contributed by atoms with van der Waals surface area (Å²) in [4.78, 5) is 10.5. The quantitative estimate of drug-likeness (QED) is 0.175. The number of fused-ring (bicyclic) bond motifs is 9. The minimum Gasteiger partial charge on any atom is -0.456 e. The van der Waals surface area contributed by atoms with Crippen LogP contribution in [0, 0.1) is 0 Å². The van der Waals surface area contributed by atoms with Gasteiger partial charge < -0.3 is 4.42 Å². The lowest BCUT2D eigenvalue weighted by molar-refractivity contribution is 0.662. The van der Waals surface area contributed by atoms with E-state index in [2.05, 4.69) is 166 Å². The molecule has 2 aromatic heterocycles. The summed E-state index contributed by atoms with van der Waals surface area (Å²) in [6.07, 6.45) is 0. The van der Waals surface area contributed by atoms with Gasteiger partial charge in [0.05, 0.1) is 11.4 Å². The number of hydrogen-bond donors (Lipinski definition) is 0. The van der Waals surface area contributed by atoms with Crippen molar-refractivity contribution in [3.05, 3.63) is 205 Å². The minimum atomic E-state index is -0.129. The van der Waals surface area contributed by atoms with Crippen molar-refractivity contribution in [2.24, 2.45) is 0 Å². The van der Waals surface area contributed by atoms with Gasteiger partial charge in [-0.15, -0.1) is 0 Å². The Morgan fingerprint density at radius 1 is 0.400 bits per heavy atom. The summed E-state index contributed by atoms with van der Waals surface area (Å²) < 4.78 is 6.30. The molecule has 0 unspecified atom stereocenters. The van der Waals surface area contributed by atoms with E-state index in [0.29, 0.717) is 5.82 Å². The third-order valence-corrected chi connectivity index (χ3v) is 12.7. The molecule has 60 heavy (non-hydrogen) atoms. The number of hydrogen-bond acceptors (Lipinski definition) is 3. The van der Waals surface area contributed by atoms with Gasteiger partial charge in [0.2, 0.25) is 0 Å². The Labute approximate surface area is 348 Å². The van der Waals surface area contributed by atoms with Gasteiger partial charge in [-0.05, 0) is 84.3 Å². The van der Waals surface area contributed by atoms with E-state index in [4.69, 9.17) is 14.4 Å². The normalized spacial score (nSPS) is 13.0. The Morgan fingerprint density at radius 3 is 1.78 bits per heavy atom. The van der Waals surface area contributed by atoms with Gasteiger partial charge in [0.1, 0.15) is 11.2 Å². The molecular formula is C57H38N2O. The molecule has 12 rings (SSSR count). The predicted octanol–water partition coefficient (Wildman–Crippen LogP) is 15.3. The van der Waals surface area contributed by atoms with E-state index in [1.165, 1.54) is 60.7 Å². The van der Waals surface area contributed by atoms with Crippen molar-refractivity contribution in [2.75, 3.05) is 0 Å². The largest absolute Gasteiger partial charge is 0.456 e. The maximum absolute atomic E-state index is 6.30. The highest BCUT2D eigenvalue weighted by atomic mass is 16.3. The van der Waals surface area contributed by atoms with Crippen molar-refractivity contribution in [1.29, 1.82) is 0 Å². The molecule has 0 saturated carbocycles. The van der Waals surface area contributed by atoms with Crippen LogP contribution in [0.2, 0.25) is 0 Å². The summed E-state index contributed by atoms with van der Waals surface area (Å²) >= 11 is 0. The van der Waals surface area contributed by atoms with Crippen LogP contribution in [-0.4, -0.2) is 9.97 Å². The first-order valence-electron chi connectivity index (χ1n) is 20.7. The van der Waals surface area contributed by atoms with E-state index in [1.54, 1.807) is 0 Å². The van der Waals surface area contributed by atoms with Crippen LogP contribution in [0.3, 0.4) is 0 Å². The molecule has 11 aromatic rings. The Hall–Kier alpha value is -7.62. The zero-order valence-electron chi connectivity index (χ0n) is 33.3. The monoisotopic (exact) mass is 766 g/mol. The second-order valence-electron chi connectivity index (χ2n) is 16.5. The molecule has 1 aliphatic rings. The number of furan rings is 1. The van der Waals surface area contributed by atoms with Crippen LogP contribution < -0.4 is 0 Å². The van der Waals surface area contributed by atoms with E-state index in [9.17, 15) is 0 Å². The van der Waals surface area contributed by atoms with E-state index < -0.39 is 0 Å². The highest BCUT2D eigenvalue weighted by Crippen LogP contribution is 2.54. The molecule has 282 valence electrons. The third-order valence-electron chi connectivity index (χ3n) is 12.7. The average Bonchev–Trinajstić information content (AvgIpc) is 3.81. The fourth-order valence-electron chi connectivity index (χ4n) is 9.92. The van der Waals surface area contributed by atoms with Gasteiger partial charge in [-0.1, -0.05) is 190 Å². The molecule has 0 fully saturated rings. The molecule has 0 N–H and O–H groups in total. The number of benzene rings is 9. The summed E-state index contributed by atoms with van der Waals surface area (Å²) in [5, 5.41) is 7.05. The standard InChI is InChI=1S/C57H38N2O/c1-57(2)48-33-30-35-14-6-7-17-40(35)53(48)47-23-12-21-41(55(47)57)37-28-26-36(27-29-37)39-31-32-44(43-19-9-8-18-42(39)43)49-34-50(59-56(58-49)38-15-4-3-5-16-38)45-22-13-25-52-54(45)46-20-10-11-24-51(46)60-52/h3-34H,1-2H3. The average molecular weight is 767 g/mol. The Kier molecular flexibility index (Phi) is 7.58. The van der Waals surface area contributed by atoms with Crippen molar-refractivity contribution in [3.63, 3.8) is 0 Å². The number of nitrogens with zero attached hydrogens (tertiary/aromatic N) is 2. The molecule has 0 spiro atoms. The number of rotatable bonds is 5. The molecule has 9 aromatic carbocycles. The lowest BCUT2D eigenvalue weighted by atomic mass is 9.78. The van der Waals surface area contributed by atoms with Gasteiger partial charge >= 0.3 is 0 Å². The highest BCUT2D eigenvalue weighted by molar-refractivity contribution is 6.12. The van der Waals surface area contributed by atoms with Gasteiger partial charge in [-0.25, -0.2) is 9.97 Å². The maximum Gasteiger partial charge on any atom is 0.160 e. The van der Waals surface area contributed by atoms with Crippen LogP contribution in [0.5, 0.6) is 0 Å². The van der Waals surface area contributed by atoms with Crippen molar-refractivity contribution < 1.29 is 4.42 Å². The lowest BCUT2D eigenvalue weighted by Crippen LogP contribution is -2.16. The SMILES string of the molecule is CC1(C)c2ccc3ccccc3c2-c2cccc(-c3ccc(-c4ccc(-c5cc(-c6cccc7oc8ccccc8c67)nc(-c6ccccc6)n5)c5ccccc45)cc3)c21. The minimum absolute atomic E-state index is 0.129. The topological polar surface area (TPSA) is 38.9 Å². The maximum atomic E-state index is 6.30. The molecule has 0 radical (unpaired) electrons. The van der Waals surface area contributed by atoms with E-state index in [-0.39, 0.29) is 5.41 Å². The van der Waals surface area contributed by atoms with Crippen LogP contribution >= 0.6 is 0 Å². The first-order valence-corrected chi connectivity index (χ1v) is 20.7. The van der Waals surface area contributed by atoms with Crippen molar-refractivity contribution in [2.45, 2.75) is 19.3 Å². The highest BCUT2D eigenvalue weighted by Gasteiger charge is 2.38. The molecule has 0 amide bonds. The first kappa shape index (κ1) is 34.4. The fourth-order valence-corrected chi connectivity index (χ4v) is 9.92. The third kappa shape index (κ3) is 5.22. The molecule has 0 saturated heterocycles. The van der Waals surface area contributed by atoms with Gasteiger partial charge in [0.15, 0.2) is 5.82 Å². The van der Waals surface area contributed by atoms with E-state index in [1.807, 2.05) is 42.5 Å². The predicted molar refractivity (Wildman–Crippen MR) is 249 cm³/mol. The van der Waals surface area contributed by atoms with Crippen molar-refractivity contribution in [1.82, 2.24) is 9.97 Å². The molecule has 0 aliphatic heterocycles. The Morgan fingerprint density at radius 2 is 0.983 bits per heavy atom. The molecule has 2 heterocycles. The second-order valence-corrected chi connectivity index (χ2v) is 16.5. The summed E-state index contributed by atoms with van der Waals surface area (Å²) in [7, 11) is 0. The molecular weight excluding hydrogens is 729 g/mol. The lowest BCUT2D eigenvalue weighted by Gasteiger charge is -2.24. The van der Waals surface area contributed by atoms with E-state index >= 15 is 0 Å². The zero-order chi connectivity index (χ0) is 40.0. The fraction of sp³-hybridized carbons (Fsp3) is 0.0526. The zero-order valence-corrected chi connectivity index (χ0v) is 33.3. The Balaban J connectivity index is 0.977. The van der Waals surface area contributed by atoms with Crippen LogP contribution in [-0.2, 0) is 5.41 Å². The van der Waals surface area contributed by atoms with Crippen molar-refractivity contribution >= 4 is 43.5 Å². The molecule has 3 heteroatoms. The number of aromatic nitrogens is 2. The van der Waals surface area contributed by atoms with Gasteiger partial charge in [-0.3, -0.25) is 0 Å². The van der Waals surface area contributed by atoms with Crippen LogP contribution in [0.1, 0.15) is 25.0 Å². The Bertz CT molecular complexity index is 3500. The second kappa shape index (κ2) is 13.2. The van der Waals surface area contributed by atoms with Gasteiger partial charge in [0.25, 0.3) is 0 Å². The summed E-state index contributed by atoms with van der Waals surface area (Å²) in [6, 6.07) is 69.4. The van der Waals surface area contributed by atoms with E-state index in [0.717, 1.165) is 55.4 Å². The van der Waals surface area contributed by atoms with Gasteiger partial charge in [-0.2, -0.15) is 0 Å². The number of para-hydroxylation sites is 1. The summed E-state index contributed by atoms with van der Waals surface area (Å²) in [6.45, 7) is 4.75. The summed E-state index contributed by atoms with van der Waals surface area (Å²) in [5.41, 5.74) is 16.7. The molecule has 0 atom stereocenters. The van der Waals surface area contributed by atoms with Crippen LogP contribution in [0.15, 0.2) is 199 Å². The molecule has 1 aliphatic carbocycles.